The quantitative estimate of drug-likeness (QED) is 0.937. The zero-order valence-corrected chi connectivity index (χ0v) is 12.4. The molecule has 1 unspecified atom stereocenters. The van der Waals surface area contributed by atoms with Crippen LogP contribution in [0.1, 0.15) is 43.1 Å². The molecule has 0 fully saturated rings. The molecule has 0 aliphatic rings. The number of hydrogen-bond donors (Lipinski definition) is 1. The highest BCUT2D eigenvalue weighted by Crippen LogP contribution is 2.26. The topological polar surface area (TPSA) is 55.9 Å². The van der Waals surface area contributed by atoms with Crippen molar-refractivity contribution in [3.8, 4) is 0 Å². The number of halogens is 1. The number of imidazole rings is 1. The zero-order chi connectivity index (χ0) is 14.2. The van der Waals surface area contributed by atoms with Crippen LogP contribution in [0.5, 0.6) is 0 Å². The second-order valence-corrected chi connectivity index (χ2v) is 5.39. The smallest absolute Gasteiger partial charge is 0.101 e. The molecule has 0 spiro atoms. The van der Waals surface area contributed by atoms with E-state index in [0.717, 1.165) is 17.1 Å². The van der Waals surface area contributed by atoms with Crippen LogP contribution in [-0.4, -0.2) is 24.4 Å². The Labute approximate surface area is 117 Å². The van der Waals surface area contributed by atoms with Crippen molar-refractivity contribution in [1.29, 1.82) is 0 Å². The van der Waals surface area contributed by atoms with Crippen molar-refractivity contribution >= 4 is 11.6 Å². The summed E-state index contributed by atoms with van der Waals surface area (Å²) >= 11 is 6.20. The van der Waals surface area contributed by atoms with Crippen LogP contribution in [0.15, 0.2) is 12.5 Å². The molecule has 5 nitrogen and oxygen atoms in total. The Balaban J connectivity index is 2.26. The van der Waals surface area contributed by atoms with E-state index in [-0.39, 0.29) is 6.04 Å². The Bertz CT molecular complexity index is 573. The number of rotatable bonds is 4. The molecule has 104 valence electrons. The van der Waals surface area contributed by atoms with Gasteiger partial charge in [0.2, 0.25) is 0 Å². The first-order valence-electron chi connectivity index (χ1n) is 6.29. The van der Waals surface area contributed by atoms with Gasteiger partial charge in [0, 0.05) is 19.5 Å². The number of aryl methyl sites for hydroxylation is 2. The van der Waals surface area contributed by atoms with Gasteiger partial charge in [0.15, 0.2) is 0 Å². The van der Waals surface area contributed by atoms with Gasteiger partial charge in [0.1, 0.15) is 6.10 Å². The molecular weight excluding hydrogens is 264 g/mol. The fraction of sp³-hybridized carbons (Fsp3) is 0.538. The van der Waals surface area contributed by atoms with Crippen molar-refractivity contribution in [1.82, 2.24) is 19.3 Å². The maximum Gasteiger partial charge on any atom is 0.101 e. The van der Waals surface area contributed by atoms with E-state index in [4.69, 9.17) is 11.6 Å². The minimum absolute atomic E-state index is 0.260. The van der Waals surface area contributed by atoms with Crippen LogP contribution in [0.3, 0.4) is 0 Å². The molecule has 2 aromatic rings. The molecule has 1 N–H and O–H groups in total. The van der Waals surface area contributed by atoms with Crippen LogP contribution in [-0.2, 0) is 13.5 Å². The summed E-state index contributed by atoms with van der Waals surface area (Å²) < 4.78 is 3.68. The lowest BCUT2D eigenvalue weighted by atomic mass is 10.1. The lowest BCUT2D eigenvalue weighted by Crippen LogP contribution is -2.12. The number of nitrogens with zero attached hydrogens (tertiary/aromatic N) is 4. The van der Waals surface area contributed by atoms with Crippen molar-refractivity contribution in [3.05, 3.63) is 34.6 Å². The molecule has 2 aromatic heterocycles. The van der Waals surface area contributed by atoms with Gasteiger partial charge in [-0.15, -0.1) is 0 Å². The average Bonchev–Trinajstić information content (AvgIpc) is 2.90. The first-order valence-corrected chi connectivity index (χ1v) is 6.67. The number of aliphatic hydroxyl groups is 1. The lowest BCUT2D eigenvalue weighted by molar-refractivity contribution is 0.164. The van der Waals surface area contributed by atoms with Gasteiger partial charge in [-0.05, 0) is 20.8 Å². The van der Waals surface area contributed by atoms with E-state index in [1.54, 1.807) is 17.2 Å². The molecule has 2 heterocycles. The van der Waals surface area contributed by atoms with Crippen LogP contribution in [0.4, 0.5) is 0 Å². The maximum atomic E-state index is 10.4. The van der Waals surface area contributed by atoms with E-state index in [2.05, 4.69) is 23.9 Å². The molecule has 0 amide bonds. The summed E-state index contributed by atoms with van der Waals surface area (Å²) in [4.78, 5) is 4.10. The second-order valence-electron chi connectivity index (χ2n) is 5.01. The van der Waals surface area contributed by atoms with Crippen LogP contribution < -0.4 is 0 Å². The summed E-state index contributed by atoms with van der Waals surface area (Å²) in [5.74, 6) is 0. The van der Waals surface area contributed by atoms with Crippen LogP contribution in [0.2, 0.25) is 5.02 Å². The third-order valence-corrected chi connectivity index (χ3v) is 3.73. The third-order valence-electron chi connectivity index (χ3n) is 3.24. The molecule has 0 bridgehead atoms. The van der Waals surface area contributed by atoms with Crippen molar-refractivity contribution in [2.45, 2.75) is 39.3 Å². The minimum Gasteiger partial charge on any atom is -0.386 e. The second kappa shape index (κ2) is 5.35. The number of aromatic nitrogens is 4. The molecule has 6 heteroatoms. The highest BCUT2D eigenvalue weighted by molar-refractivity contribution is 6.31. The largest absolute Gasteiger partial charge is 0.386 e. The van der Waals surface area contributed by atoms with Gasteiger partial charge in [-0.3, -0.25) is 4.68 Å². The van der Waals surface area contributed by atoms with Gasteiger partial charge in [0.05, 0.1) is 34.6 Å². The Morgan fingerprint density at radius 3 is 2.63 bits per heavy atom. The van der Waals surface area contributed by atoms with E-state index < -0.39 is 6.10 Å². The van der Waals surface area contributed by atoms with Crippen LogP contribution >= 0.6 is 11.6 Å². The van der Waals surface area contributed by atoms with E-state index in [1.165, 1.54) is 0 Å². The highest BCUT2D eigenvalue weighted by Gasteiger charge is 2.20. The summed E-state index contributed by atoms with van der Waals surface area (Å²) in [7, 11) is 1.83. The van der Waals surface area contributed by atoms with E-state index in [1.807, 2.05) is 18.5 Å². The summed E-state index contributed by atoms with van der Waals surface area (Å²) in [6.07, 6.45) is 3.22. The molecule has 1 atom stereocenters. The monoisotopic (exact) mass is 282 g/mol. The fourth-order valence-corrected chi connectivity index (χ4v) is 2.43. The molecule has 19 heavy (non-hydrogen) atoms. The summed E-state index contributed by atoms with van der Waals surface area (Å²) in [5.41, 5.74) is 2.41. The molecule has 0 saturated carbocycles. The van der Waals surface area contributed by atoms with Crippen molar-refractivity contribution in [3.63, 3.8) is 0 Å². The third kappa shape index (κ3) is 2.67. The van der Waals surface area contributed by atoms with Crippen LogP contribution in [0, 0.1) is 6.92 Å². The van der Waals surface area contributed by atoms with Gasteiger partial charge in [-0.25, -0.2) is 4.98 Å². The standard InChI is InChI=1S/C13H19ClN4O/c1-8(2)18-7-15-6-11(18)12(19)5-10-13(14)9(3)16-17(10)4/h6-8,12,19H,5H2,1-4H3. The zero-order valence-electron chi connectivity index (χ0n) is 11.6. The molecule has 0 aromatic carbocycles. The Morgan fingerprint density at radius 2 is 2.11 bits per heavy atom. The Morgan fingerprint density at radius 1 is 1.42 bits per heavy atom. The Kier molecular flexibility index (Phi) is 3.96. The number of hydrogen-bond acceptors (Lipinski definition) is 3. The summed E-state index contributed by atoms with van der Waals surface area (Å²) in [5, 5.41) is 15.3. The minimum atomic E-state index is -0.641. The van der Waals surface area contributed by atoms with Gasteiger partial charge < -0.3 is 9.67 Å². The SMILES string of the molecule is Cc1nn(C)c(CC(O)c2cncn2C(C)C)c1Cl. The van der Waals surface area contributed by atoms with E-state index in [9.17, 15) is 5.11 Å². The van der Waals surface area contributed by atoms with Crippen molar-refractivity contribution < 1.29 is 5.11 Å². The number of aliphatic hydroxyl groups excluding tert-OH is 1. The first-order chi connectivity index (χ1) is 8.91. The van der Waals surface area contributed by atoms with Crippen molar-refractivity contribution in [2.75, 3.05) is 0 Å². The van der Waals surface area contributed by atoms with Crippen molar-refractivity contribution in [2.24, 2.45) is 7.05 Å². The lowest BCUT2D eigenvalue weighted by Gasteiger charge is -2.16. The summed E-state index contributed by atoms with van der Waals surface area (Å²) in [6.45, 7) is 5.97. The average molecular weight is 283 g/mol. The van der Waals surface area contributed by atoms with Gasteiger partial charge in [-0.1, -0.05) is 11.6 Å². The summed E-state index contributed by atoms with van der Waals surface area (Å²) in [6, 6.07) is 0.260. The molecular formula is C13H19ClN4O. The Hall–Kier alpha value is -1.33. The first kappa shape index (κ1) is 14.1. The van der Waals surface area contributed by atoms with E-state index >= 15 is 0 Å². The fourth-order valence-electron chi connectivity index (χ4n) is 2.19. The predicted octanol–water partition coefficient (Wildman–Crippen LogP) is 2.44. The molecule has 0 aliphatic heterocycles. The predicted molar refractivity (Wildman–Crippen MR) is 74.2 cm³/mol. The van der Waals surface area contributed by atoms with Gasteiger partial charge in [0.25, 0.3) is 0 Å². The van der Waals surface area contributed by atoms with Gasteiger partial charge in [-0.2, -0.15) is 5.10 Å². The molecule has 2 rings (SSSR count). The van der Waals surface area contributed by atoms with Crippen LogP contribution in [0.25, 0.3) is 0 Å². The maximum absolute atomic E-state index is 10.4. The normalized spacial score (nSPS) is 13.2. The van der Waals surface area contributed by atoms with Gasteiger partial charge >= 0.3 is 0 Å². The van der Waals surface area contributed by atoms with E-state index in [0.29, 0.717) is 11.4 Å². The highest BCUT2D eigenvalue weighted by atomic mass is 35.5. The molecule has 0 radical (unpaired) electrons. The molecule has 0 saturated heterocycles. The molecule has 0 aliphatic carbocycles.